The van der Waals surface area contributed by atoms with Crippen LogP contribution in [0, 0.1) is 0 Å². The Morgan fingerprint density at radius 1 is 1.24 bits per heavy atom. The molecule has 2 aromatic heterocycles. The van der Waals surface area contributed by atoms with Crippen LogP contribution in [0.1, 0.15) is 32.1 Å². The van der Waals surface area contributed by atoms with Crippen LogP contribution in [0.3, 0.4) is 0 Å². The number of anilines is 2. The molecule has 1 fully saturated rings. The first kappa shape index (κ1) is 17.1. The molecule has 25 heavy (non-hydrogen) atoms. The molecule has 2 aromatic rings. The standard InChI is InChI=1S/C17H23N5O3/c23-17(25-13-5-1-2-6-13)18-10-4-12-24-16-8-3-7-14(21-16)20-15-9-11-19-22-15/h3,7-9,11,13H,1-2,4-6,10,12H2,(H,18,23)(H2,19,20,21,22). The first-order chi connectivity index (χ1) is 12.3. The Balaban J connectivity index is 1.32. The van der Waals surface area contributed by atoms with Crippen LogP contribution in [0.2, 0.25) is 0 Å². The highest BCUT2D eigenvalue weighted by Crippen LogP contribution is 2.20. The molecule has 0 atom stereocenters. The van der Waals surface area contributed by atoms with Gasteiger partial charge in [0.25, 0.3) is 0 Å². The van der Waals surface area contributed by atoms with Gasteiger partial charge in [-0.2, -0.15) is 10.1 Å². The lowest BCUT2D eigenvalue weighted by molar-refractivity contribution is 0.101. The molecule has 8 nitrogen and oxygen atoms in total. The second kappa shape index (κ2) is 8.91. The molecular formula is C17H23N5O3. The topological polar surface area (TPSA) is 101 Å². The van der Waals surface area contributed by atoms with Crippen molar-refractivity contribution in [3.8, 4) is 5.88 Å². The number of H-pyrrole nitrogens is 1. The predicted octanol–water partition coefficient (Wildman–Crippen LogP) is 2.99. The van der Waals surface area contributed by atoms with Crippen molar-refractivity contribution in [1.29, 1.82) is 0 Å². The summed E-state index contributed by atoms with van der Waals surface area (Å²) in [5.41, 5.74) is 0. The molecule has 0 spiro atoms. The Hall–Kier alpha value is -2.77. The Kier molecular flexibility index (Phi) is 6.08. The molecule has 1 aliphatic rings. The average Bonchev–Trinajstić information content (AvgIpc) is 3.29. The van der Waals surface area contributed by atoms with Crippen LogP contribution < -0.4 is 15.4 Å². The number of carbonyl (C=O) groups is 1. The number of rotatable bonds is 8. The molecule has 1 amide bonds. The number of pyridine rings is 1. The maximum absolute atomic E-state index is 11.6. The number of hydrogen-bond acceptors (Lipinski definition) is 6. The third kappa shape index (κ3) is 5.66. The number of alkyl carbamates (subject to hydrolysis) is 1. The van der Waals surface area contributed by atoms with Crippen LogP contribution in [-0.2, 0) is 4.74 Å². The molecule has 0 saturated heterocycles. The lowest BCUT2D eigenvalue weighted by Gasteiger charge is -2.12. The van der Waals surface area contributed by atoms with Gasteiger partial charge in [0, 0.05) is 24.9 Å². The van der Waals surface area contributed by atoms with Gasteiger partial charge in [-0.3, -0.25) is 5.10 Å². The number of hydrogen-bond donors (Lipinski definition) is 3. The van der Waals surface area contributed by atoms with Gasteiger partial charge in [-0.05, 0) is 38.2 Å². The lowest BCUT2D eigenvalue weighted by atomic mass is 10.3. The van der Waals surface area contributed by atoms with Crippen LogP contribution in [0.5, 0.6) is 5.88 Å². The van der Waals surface area contributed by atoms with E-state index < -0.39 is 0 Å². The molecule has 8 heteroatoms. The SMILES string of the molecule is O=C(NCCCOc1cccc(Nc2cc[nH]n2)n1)OC1CCCC1. The summed E-state index contributed by atoms with van der Waals surface area (Å²) >= 11 is 0. The first-order valence-electron chi connectivity index (χ1n) is 8.61. The van der Waals surface area contributed by atoms with Gasteiger partial charge in [0.05, 0.1) is 6.61 Å². The highest BCUT2D eigenvalue weighted by Gasteiger charge is 2.18. The summed E-state index contributed by atoms with van der Waals surface area (Å²) in [6.45, 7) is 0.972. The summed E-state index contributed by atoms with van der Waals surface area (Å²) in [6, 6.07) is 7.29. The van der Waals surface area contributed by atoms with Crippen molar-refractivity contribution in [2.75, 3.05) is 18.5 Å². The van der Waals surface area contributed by atoms with Crippen molar-refractivity contribution in [2.24, 2.45) is 0 Å². The largest absolute Gasteiger partial charge is 0.478 e. The summed E-state index contributed by atoms with van der Waals surface area (Å²) in [5, 5.41) is 12.6. The van der Waals surface area contributed by atoms with Crippen molar-refractivity contribution >= 4 is 17.7 Å². The minimum Gasteiger partial charge on any atom is -0.478 e. The van der Waals surface area contributed by atoms with E-state index in [4.69, 9.17) is 9.47 Å². The first-order valence-corrected chi connectivity index (χ1v) is 8.61. The number of nitrogens with zero attached hydrogens (tertiary/aromatic N) is 2. The van der Waals surface area contributed by atoms with Crippen molar-refractivity contribution in [2.45, 2.75) is 38.2 Å². The van der Waals surface area contributed by atoms with Crippen LogP contribution >= 0.6 is 0 Å². The van der Waals surface area contributed by atoms with E-state index in [0.717, 1.165) is 25.7 Å². The van der Waals surface area contributed by atoms with E-state index in [2.05, 4.69) is 25.8 Å². The molecule has 2 heterocycles. The third-order valence-electron chi connectivity index (χ3n) is 3.90. The Labute approximate surface area is 146 Å². The zero-order valence-electron chi connectivity index (χ0n) is 14.0. The lowest BCUT2D eigenvalue weighted by Crippen LogP contribution is -2.29. The normalized spacial score (nSPS) is 14.2. The van der Waals surface area contributed by atoms with E-state index in [1.807, 2.05) is 18.2 Å². The summed E-state index contributed by atoms with van der Waals surface area (Å²) < 4.78 is 10.9. The third-order valence-corrected chi connectivity index (χ3v) is 3.90. The monoisotopic (exact) mass is 345 g/mol. The van der Waals surface area contributed by atoms with E-state index in [0.29, 0.717) is 37.1 Å². The molecule has 0 unspecified atom stereocenters. The Morgan fingerprint density at radius 3 is 2.92 bits per heavy atom. The van der Waals surface area contributed by atoms with E-state index in [-0.39, 0.29) is 12.2 Å². The zero-order chi connectivity index (χ0) is 17.3. The zero-order valence-corrected chi connectivity index (χ0v) is 14.0. The molecule has 3 N–H and O–H groups in total. The van der Waals surface area contributed by atoms with Crippen molar-refractivity contribution in [1.82, 2.24) is 20.5 Å². The molecule has 134 valence electrons. The van der Waals surface area contributed by atoms with E-state index in [1.54, 1.807) is 12.3 Å². The molecular weight excluding hydrogens is 322 g/mol. The number of aromatic amines is 1. The molecule has 0 aliphatic heterocycles. The van der Waals surface area contributed by atoms with E-state index in [9.17, 15) is 4.79 Å². The molecule has 3 rings (SSSR count). The van der Waals surface area contributed by atoms with Gasteiger partial charge >= 0.3 is 6.09 Å². The number of ether oxygens (including phenoxy) is 2. The van der Waals surface area contributed by atoms with Crippen molar-refractivity contribution < 1.29 is 14.3 Å². The van der Waals surface area contributed by atoms with Gasteiger partial charge in [0.2, 0.25) is 5.88 Å². The minimum absolute atomic E-state index is 0.0882. The maximum Gasteiger partial charge on any atom is 0.407 e. The van der Waals surface area contributed by atoms with E-state index >= 15 is 0 Å². The molecule has 0 bridgehead atoms. The van der Waals surface area contributed by atoms with Gasteiger partial charge in [0.1, 0.15) is 11.9 Å². The Morgan fingerprint density at radius 2 is 2.12 bits per heavy atom. The molecule has 0 aromatic carbocycles. The van der Waals surface area contributed by atoms with Crippen LogP contribution in [0.4, 0.5) is 16.4 Å². The predicted molar refractivity (Wildman–Crippen MR) is 93.0 cm³/mol. The van der Waals surface area contributed by atoms with Gasteiger partial charge < -0.3 is 20.1 Å². The smallest absolute Gasteiger partial charge is 0.407 e. The van der Waals surface area contributed by atoms with Crippen LogP contribution in [0.15, 0.2) is 30.5 Å². The van der Waals surface area contributed by atoms with Crippen molar-refractivity contribution in [3.05, 3.63) is 30.5 Å². The molecule has 1 saturated carbocycles. The fourth-order valence-electron chi connectivity index (χ4n) is 2.66. The van der Waals surface area contributed by atoms with Crippen LogP contribution in [0.25, 0.3) is 0 Å². The van der Waals surface area contributed by atoms with Crippen molar-refractivity contribution in [3.63, 3.8) is 0 Å². The fraction of sp³-hybridized carbons (Fsp3) is 0.471. The molecule has 1 aliphatic carbocycles. The average molecular weight is 345 g/mol. The van der Waals surface area contributed by atoms with Gasteiger partial charge in [-0.25, -0.2) is 4.79 Å². The summed E-state index contributed by atoms with van der Waals surface area (Å²) in [5.74, 6) is 1.87. The van der Waals surface area contributed by atoms with Gasteiger partial charge in [0.15, 0.2) is 5.82 Å². The number of carbonyl (C=O) groups excluding carboxylic acids is 1. The summed E-state index contributed by atoms with van der Waals surface area (Å²) in [4.78, 5) is 16.0. The number of amides is 1. The number of nitrogens with one attached hydrogen (secondary N) is 3. The highest BCUT2D eigenvalue weighted by atomic mass is 16.6. The van der Waals surface area contributed by atoms with Gasteiger partial charge in [-0.15, -0.1) is 0 Å². The second-order valence-corrected chi connectivity index (χ2v) is 5.89. The van der Waals surface area contributed by atoms with Gasteiger partial charge in [-0.1, -0.05) is 6.07 Å². The molecule has 0 radical (unpaired) electrons. The minimum atomic E-state index is -0.338. The summed E-state index contributed by atoms with van der Waals surface area (Å²) in [7, 11) is 0. The quantitative estimate of drug-likeness (QED) is 0.636. The number of aromatic nitrogens is 3. The second-order valence-electron chi connectivity index (χ2n) is 5.89. The van der Waals surface area contributed by atoms with Crippen LogP contribution in [-0.4, -0.2) is 40.5 Å². The fourth-order valence-corrected chi connectivity index (χ4v) is 2.66. The maximum atomic E-state index is 11.6. The highest BCUT2D eigenvalue weighted by molar-refractivity contribution is 5.67. The van der Waals surface area contributed by atoms with E-state index in [1.165, 1.54) is 0 Å². The summed E-state index contributed by atoms with van der Waals surface area (Å²) in [6.07, 6.45) is 6.40. The Bertz CT molecular complexity index is 656.